The highest BCUT2D eigenvalue weighted by Crippen LogP contribution is 2.22. The molecule has 0 radical (unpaired) electrons. The van der Waals surface area contributed by atoms with Crippen molar-refractivity contribution in [1.29, 1.82) is 0 Å². The van der Waals surface area contributed by atoms with Crippen molar-refractivity contribution in [3.63, 3.8) is 0 Å². The number of nitrogens with one attached hydrogen (secondary N) is 1. The number of thiophene rings is 1. The Morgan fingerprint density at radius 1 is 1.22 bits per heavy atom. The van der Waals surface area contributed by atoms with Gasteiger partial charge >= 0.3 is 5.97 Å². The van der Waals surface area contributed by atoms with E-state index in [-0.39, 0.29) is 23.7 Å². The average molecular weight is 386 g/mol. The lowest BCUT2D eigenvalue weighted by molar-refractivity contribution is -0.121. The van der Waals surface area contributed by atoms with Crippen LogP contribution in [0.25, 0.3) is 0 Å². The monoisotopic (exact) mass is 386 g/mol. The third-order valence-electron chi connectivity index (χ3n) is 4.47. The molecule has 0 bridgehead atoms. The van der Waals surface area contributed by atoms with Crippen molar-refractivity contribution in [2.24, 2.45) is 5.92 Å². The fourth-order valence-corrected chi connectivity index (χ4v) is 3.77. The van der Waals surface area contributed by atoms with E-state index >= 15 is 0 Å². The van der Waals surface area contributed by atoms with Crippen LogP contribution in [0.4, 0.5) is 5.69 Å². The number of piperidine rings is 1. The van der Waals surface area contributed by atoms with Crippen molar-refractivity contribution in [1.82, 2.24) is 4.90 Å². The van der Waals surface area contributed by atoms with Gasteiger partial charge in [-0.2, -0.15) is 0 Å². The number of anilines is 1. The molecule has 7 heteroatoms. The third-order valence-corrected chi connectivity index (χ3v) is 5.33. The number of hydrogen-bond acceptors (Lipinski definition) is 5. The smallest absolute Gasteiger partial charge is 0.338 e. The van der Waals surface area contributed by atoms with E-state index in [4.69, 9.17) is 4.74 Å². The predicted octanol–water partition coefficient (Wildman–Crippen LogP) is 3.42. The highest BCUT2D eigenvalue weighted by atomic mass is 32.1. The first kappa shape index (κ1) is 19.1. The molecule has 1 aromatic heterocycles. The van der Waals surface area contributed by atoms with E-state index in [0.29, 0.717) is 35.8 Å². The van der Waals surface area contributed by atoms with Gasteiger partial charge in [0.05, 0.1) is 23.0 Å². The van der Waals surface area contributed by atoms with Crippen LogP contribution in [0.3, 0.4) is 0 Å². The lowest BCUT2D eigenvalue weighted by Crippen LogP contribution is -2.43. The summed E-state index contributed by atoms with van der Waals surface area (Å²) in [7, 11) is 0. The maximum Gasteiger partial charge on any atom is 0.338 e. The molecule has 142 valence electrons. The first-order valence-corrected chi connectivity index (χ1v) is 9.87. The Hall–Kier alpha value is -2.67. The number of ether oxygens (including phenoxy) is 1. The summed E-state index contributed by atoms with van der Waals surface area (Å²) in [5.74, 6) is -0.748. The maximum absolute atomic E-state index is 12.6. The average Bonchev–Trinajstić information content (AvgIpc) is 3.23. The molecule has 27 heavy (non-hydrogen) atoms. The van der Waals surface area contributed by atoms with Crippen LogP contribution >= 0.6 is 11.3 Å². The second kappa shape index (κ2) is 8.81. The fraction of sp³-hybridized carbons (Fsp3) is 0.350. The van der Waals surface area contributed by atoms with Gasteiger partial charge in [-0.05, 0) is 55.5 Å². The summed E-state index contributed by atoms with van der Waals surface area (Å²) in [5, 5.41) is 4.75. The molecule has 1 aliphatic heterocycles. The fourth-order valence-electron chi connectivity index (χ4n) is 3.08. The summed E-state index contributed by atoms with van der Waals surface area (Å²) in [6, 6.07) is 10.3. The van der Waals surface area contributed by atoms with E-state index < -0.39 is 0 Å². The molecule has 1 saturated heterocycles. The summed E-state index contributed by atoms with van der Waals surface area (Å²) < 4.78 is 4.95. The first-order valence-electron chi connectivity index (χ1n) is 8.99. The quantitative estimate of drug-likeness (QED) is 0.799. The number of likely N-dealkylation sites (tertiary alicyclic amines) is 1. The maximum atomic E-state index is 12.6. The molecule has 1 aromatic carbocycles. The van der Waals surface area contributed by atoms with Gasteiger partial charge in [0.2, 0.25) is 5.91 Å². The first-order chi connectivity index (χ1) is 13.1. The molecule has 0 unspecified atom stereocenters. The molecule has 3 rings (SSSR count). The second-order valence-corrected chi connectivity index (χ2v) is 7.30. The zero-order chi connectivity index (χ0) is 19.2. The van der Waals surface area contributed by atoms with Gasteiger partial charge in [0.25, 0.3) is 5.91 Å². The molecule has 2 heterocycles. The normalized spacial score (nSPS) is 16.6. The molecular weight excluding hydrogens is 364 g/mol. The van der Waals surface area contributed by atoms with Gasteiger partial charge in [0.15, 0.2) is 0 Å². The van der Waals surface area contributed by atoms with Crippen molar-refractivity contribution < 1.29 is 19.1 Å². The minimum Gasteiger partial charge on any atom is -0.462 e. The van der Waals surface area contributed by atoms with Crippen LogP contribution in [0.2, 0.25) is 0 Å². The highest BCUT2D eigenvalue weighted by Gasteiger charge is 2.29. The summed E-state index contributed by atoms with van der Waals surface area (Å²) in [5.41, 5.74) is 1.06. The zero-order valence-corrected chi connectivity index (χ0v) is 16.0. The van der Waals surface area contributed by atoms with E-state index in [1.807, 2.05) is 17.5 Å². The predicted molar refractivity (Wildman–Crippen MR) is 104 cm³/mol. The largest absolute Gasteiger partial charge is 0.462 e. The van der Waals surface area contributed by atoms with E-state index in [0.717, 1.165) is 12.8 Å². The molecule has 1 atom stereocenters. The molecule has 0 saturated carbocycles. The van der Waals surface area contributed by atoms with Crippen molar-refractivity contribution >= 4 is 34.8 Å². The van der Waals surface area contributed by atoms with Gasteiger partial charge < -0.3 is 15.0 Å². The van der Waals surface area contributed by atoms with Gasteiger partial charge in [-0.3, -0.25) is 9.59 Å². The molecule has 0 aliphatic carbocycles. The van der Waals surface area contributed by atoms with Gasteiger partial charge in [0.1, 0.15) is 0 Å². The Balaban J connectivity index is 1.59. The van der Waals surface area contributed by atoms with E-state index in [2.05, 4.69) is 5.32 Å². The number of hydrogen-bond donors (Lipinski definition) is 1. The molecule has 1 aliphatic rings. The van der Waals surface area contributed by atoms with Crippen molar-refractivity contribution in [2.75, 3.05) is 25.0 Å². The van der Waals surface area contributed by atoms with Crippen LogP contribution < -0.4 is 5.32 Å². The minimum atomic E-state index is -0.384. The summed E-state index contributed by atoms with van der Waals surface area (Å²) in [6.45, 7) is 3.17. The Bertz CT molecular complexity index is 802. The van der Waals surface area contributed by atoms with Crippen molar-refractivity contribution in [3.05, 3.63) is 52.2 Å². The van der Waals surface area contributed by atoms with E-state index in [1.165, 1.54) is 11.3 Å². The lowest BCUT2D eigenvalue weighted by atomic mass is 9.96. The Morgan fingerprint density at radius 2 is 2.00 bits per heavy atom. The molecular formula is C20H22N2O4S. The number of amides is 2. The van der Waals surface area contributed by atoms with Gasteiger partial charge in [0, 0.05) is 18.8 Å². The second-order valence-electron chi connectivity index (χ2n) is 6.35. The number of esters is 1. The number of rotatable bonds is 5. The molecule has 2 amide bonds. The standard InChI is InChI=1S/C20H22N2O4S/c1-2-26-20(25)14-7-9-16(10-8-14)21-18(23)15-5-3-11-22(13-15)19(24)17-6-4-12-27-17/h4,6-10,12,15H,2-3,5,11,13H2,1H3,(H,21,23)/t15-/m1/s1. The minimum absolute atomic E-state index is 0.0127. The molecule has 1 fully saturated rings. The highest BCUT2D eigenvalue weighted by molar-refractivity contribution is 7.12. The summed E-state index contributed by atoms with van der Waals surface area (Å²) >= 11 is 1.41. The number of nitrogens with zero attached hydrogens (tertiary/aromatic N) is 1. The topological polar surface area (TPSA) is 75.7 Å². The van der Waals surface area contributed by atoms with Crippen LogP contribution in [-0.4, -0.2) is 42.4 Å². The summed E-state index contributed by atoms with van der Waals surface area (Å²) in [4.78, 5) is 39.2. The molecule has 0 spiro atoms. The third kappa shape index (κ3) is 4.74. The molecule has 1 N–H and O–H groups in total. The van der Waals surface area contributed by atoms with Gasteiger partial charge in [-0.1, -0.05) is 6.07 Å². The van der Waals surface area contributed by atoms with Crippen LogP contribution in [0.1, 0.15) is 39.8 Å². The number of carbonyl (C=O) groups excluding carboxylic acids is 3. The van der Waals surface area contributed by atoms with Crippen LogP contribution in [0.5, 0.6) is 0 Å². The number of benzene rings is 1. The number of carbonyl (C=O) groups is 3. The zero-order valence-electron chi connectivity index (χ0n) is 15.1. The van der Waals surface area contributed by atoms with E-state index in [1.54, 1.807) is 36.1 Å². The molecule has 2 aromatic rings. The van der Waals surface area contributed by atoms with E-state index in [9.17, 15) is 14.4 Å². The SMILES string of the molecule is CCOC(=O)c1ccc(NC(=O)[C@@H]2CCCN(C(=O)c3cccs3)C2)cc1. The lowest BCUT2D eigenvalue weighted by Gasteiger charge is -2.31. The summed E-state index contributed by atoms with van der Waals surface area (Å²) in [6.07, 6.45) is 1.55. The van der Waals surface area contributed by atoms with Crippen molar-refractivity contribution in [2.45, 2.75) is 19.8 Å². The van der Waals surface area contributed by atoms with Crippen molar-refractivity contribution in [3.8, 4) is 0 Å². The van der Waals surface area contributed by atoms with Gasteiger partial charge in [-0.15, -0.1) is 11.3 Å². The van der Waals surface area contributed by atoms with Crippen LogP contribution in [0, 0.1) is 5.92 Å². The van der Waals surface area contributed by atoms with Gasteiger partial charge in [-0.25, -0.2) is 4.79 Å². The molecule has 6 nitrogen and oxygen atoms in total. The Kier molecular flexibility index (Phi) is 6.24. The van der Waals surface area contributed by atoms with Crippen LogP contribution in [-0.2, 0) is 9.53 Å². The van der Waals surface area contributed by atoms with Crippen LogP contribution in [0.15, 0.2) is 41.8 Å². The Morgan fingerprint density at radius 3 is 2.67 bits per heavy atom. The Labute approximate surface area is 162 Å².